The summed E-state index contributed by atoms with van der Waals surface area (Å²) >= 11 is 0. The van der Waals surface area contributed by atoms with Gasteiger partial charge in [-0.1, -0.05) is 109 Å². The van der Waals surface area contributed by atoms with Crippen molar-refractivity contribution in [2.24, 2.45) is 0 Å². The van der Waals surface area contributed by atoms with E-state index in [1.165, 1.54) is 27.4 Å². The summed E-state index contributed by atoms with van der Waals surface area (Å²) in [4.78, 5) is 10.1. The van der Waals surface area contributed by atoms with E-state index in [1.807, 2.05) is 36.4 Å². The lowest BCUT2D eigenvalue weighted by atomic mass is 9.99. The molecule has 0 fully saturated rings. The first-order valence-corrected chi connectivity index (χ1v) is 16.2. The molecule has 0 aliphatic rings. The molecule has 10 aromatic rings. The Kier molecular flexibility index (Phi) is 5.84. The first-order valence-electron chi connectivity index (χ1n) is 16.2. The highest BCUT2D eigenvalue weighted by atomic mass is 16.3. The maximum atomic E-state index is 6.38. The van der Waals surface area contributed by atoms with Crippen molar-refractivity contribution in [1.29, 1.82) is 0 Å². The number of hydrogen-bond acceptors (Lipinski definition) is 3. The fourth-order valence-electron chi connectivity index (χ4n) is 7.20. The van der Waals surface area contributed by atoms with Crippen molar-refractivity contribution in [1.82, 2.24) is 14.5 Å². The molecule has 0 saturated heterocycles. The number of para-hydroxylation sites is 4. The van der Waals surface area contributed by atoms with E-state index >= 15 is 0 Å². The summed E-state index contributed by atoms with van der Waals surface area (Å²) in [7, 11) is 0. The van der Waals surface area contributed by atoms with E-state index < -0.39 is 0 Å². The summed E-state index contributed by atoms with van der Waals surface area (Å²) in [5.74, 6) is 0.692. The zero-order valence-electron chi connectivity index (χ0n) is 25.8. The van der Waals surface area contributed by atoms with Gasteiger partial charge in [-0.3, -0.25) is 0 Å². The van der Waals surface area contributed by atoms with Crippen LogP contribution in [0.15, 0.2) is 168 Å². The second kappa shape index (κ2) is 10.5. The molecule has 0 radical (unpaired) electrons. The third-order valence-corrected chi connectivity index (χ3v) is 9.40. The number of rotatable bonds is 4. The Morgan fingerprint density at radius 1 is 0.438 bits per heavy atom. The number of aromatic nitrogens is 3. The topological polar surface area (TPSA) is 43.9 Å². The van der Waals surface area contributed by atoms with Crippen LogP contribution in [0, 0.1) is 0 Å². The first kappa shape index (κ1) is 26.7. The van der Waals surface area contributed by atoms with Gasteiger partial charge in [-0.2, -0.15) is 0 Å². The van der Waals surface area contributed by atoms with Gasteiger partial charge in [-0.15, -0.1) is 0 Å². The maximum absolute atomic E-state index is 6.38. The van der Waals surface area contributed by atoms with Crippen LogP contribution in [0.5, 0.6) is 0 Å². The minimum Gasteiger partial charge on any atom is -0.456 e. The maximum Gasteiger partial charge on any atom is 0.160 e. The van der Waals surface area contributed by atoms with Gasteiger partial charge in [-0.25, -0.2) is 9.97 Å². The monoisotopic (exact) mass is 613 g/mol. The molecule has 224 valence electrons. The van der Waals surface area contributed by atoms with Crippen molar-refractivity contribution in [3.8, 4) is 39.5 Å². The third kappa shape index (κ3) is 4.10. The number of furan rings is 1. The fraction of sp³-hybridized carbons (Fsp3) is 0. The molecule has 0 bridgehead atoms. The van der Waals surface area contributed by atoms with Crippen LogP contribution in [-0.4, -0.2) is 14.5 Å². The minimum absolute atomic E-state index is 0.692. The molecule has 0 N–H and O–H groups in total. The second-order valence-corrected chi connectivity index (χ2v) is 12.2. The van der Waals surface area contributed by atoms with Crippen molar-refractivity contribution >= 4 is 54.6 Å². The molecular weight excluding hydrogens is 587 g/mol. The number of benzene rings is 7. The molecule has 10 rings (SSSR count). The molecule has 4 heteroatoms. The fourth-order valence-corrected chi connectivity index (χ4v) is 7.20. The van der Waals surface area contributed by atoms with Gasteiger partial charge < -0.3 is 8.98 Å². The van der Waals surface area contributed by atoms with Crippen LogP contribution in [0.3, 0.4) is 0 Å². The quantitative estimate of drug-likeness (QED) is 0.198. The number of hydrogen-bond donors (Lipinski definition) is 0. The highest BCUT2D eigenvalue weighted by Gasteiger charge is 2.18. The molecular formula is C44H27N3O. The molecule has 0 saturated carbocycles. The van der Waals surface area contributed by atoms with Crippen LogP contribution < -0.4 is 0 Å². The lowest BCUT2D eigenvalue weighted by Gasteiger charge is -2.12. The molecule has 3 aromatic heterocycles. The standard InChI is InChI=1S/C44H27N3O/c1-3-12-28(13-4-1)42-35-17-7-9-20-38(35)45-44(46-42)30-23-25-41-37(27-30)36-26-29(22-24-40(36)48-41)32-18-11-19-34-33-16-8-10-21-39(33)47(43(32)34)31-14-5-2-6-15-31/h1-27H. The molecule has 0 aliphatic carbocycles. The van der Waals surface area contributed by atoms with E-state index in [0.717, 1.165) is 60.9 Å². The van der Waals surface area contributed by atoms with Gasteiger partial charge in [0.15, 0.2) is 5.82 Å². The van der Waals surface area contributed by atoms with E-state index in [9.17, 15) is 0 Å². The van der Waals surface area contributed by atoms with Crippen molar-refractivity contribution in [3.63, 3.8) is 0 Å². The van der Waals surface area contributed by atoms with E-state index in [4.69, 9.17) is 14.4 Å². The lowest BCUT2D eigenvalue weighted by molar-refractivity contribution is 0.669. The zero-order chi connectivity index (χ0) is 31.6. The average molecular weight is 614 g/mol. The highest BCUT2D eigenvalue weighted by molar-refractivity contribution is 6.15. The van der Waals surface area contributed by atoms with Gasteiger partial charge in [-0.05, 0) is 60.2 Å². The van der Waals surface area contributed by atoms with Gasteiger partial charge in [0.05, 0.1) is 22.2 Å². The van der Waals surface area contributed by atoms with Crippen molar-refractivity contribution < 1.29 is 4.42 Å². The van der Waals surface area contributed by atoms with Crippen LogP contribution in [0.2, 0.25) is 0 Å². The predicted octanol–water partition coefficient (Wildman–Crippen LogP) is 11.6. The lowest BCUT2D eigenvalue weighted by Crippen LogP contribution is -1.95. The molecule has 0 atom stereocenters. The van der Waals surface area contributed by atoms with Gasteiger partial charge in [0.1, 0.15) is 11.2 Å². The third-order valence-electron chi connectivity index (χ3n) is 9.40. The van der Waals surface area contributed by atoms with E-state index in [2.05, 4.69) is 132 Å². The van der Waals surface area contributed by atoms with Crippen LogP contribution in [0.4, 0.5) is 0 Å². The number of fused-ring (bicyclic) bond motifs is 7. The van der Waals surface area contributed by atoms with Crippen molar-refractivity contribution in [2.45, 2.75) is 0 Å². The molecule has 0 unspecified atom stereocenters. The zero-order valence-corrected chi connectivity index (χ0v) is 25.8. The number of nitrogens with zero attached hydrogens (tertiary/aromatic N) is 3. The first-order chi connectivity index (χ1) is 23.8. The molecule has 4 nitrogen and oxygen atoms in total. The van der Waals surface area contributed by atoms with Crippen LogP contribution in [0.25, 0.3) is 94.1 Å². The Balaban J connectivity index is 1.18. The molecule has 48 heavy (non-hydrogen) atoms. The summed E-state index contributed by atoms with van der Waals surface area (Å²) in [5, 5.41) is 5.61. The Morgan fingerprint density at radius 2 is 1.08 bits per heavy atom. The molecule has 0 spiro atoms. The van der Waals surface area contributed by atoms with Crippen LogP contribution in [0.1, 0.15) is 0 Å². The normalized spacial score (nSPS) is 11.8. The average Bonchev–Trinajstić information content (AvgIpc) is 3.70. The molecule has 3 heterocycles. The smallest absolute Gasteiger partial charge is 0.160 e. The van der Waals surface area contributed by atoms with Crippen LogP contribution >= 0.6 is 0 Å². The van der Waals surface area contributed by atoms with Gasteiger partial charge in [0, 0.05) is 49.3 Å². The molecule has 0 amide bonds. The van der Waals surface area contributed by atoms with E-state index in [-0.39, 0.29) is 0 Å². The molecule has 7 aromatic carbocycles. The summed E-state index contributed by atoms with van der Waals surface area (Å²) in [6.07, 6.45) is 0. The Morgan fingerprint density at radius 3 is 1.90 bits per heavy atom. The van der Waals surface area contributed by atoms with E-state index in [1.54, 1.807) is 0 Å². The summed E-state index contributed by atoms with van der Waals surface area (Å²) in [5.41, 5.74) is 11.4. The van der Waals surface area contributed by atoms with Gasteiger partial charge in [0.25, 0.3) is 0 Å². The van der Waals surface area contributed by atoms with Crippen LogP contribution in [-0.2, 0) is 0 Å². The Labute approximate surface area is 276 Å². The predicted molar refractivity (Wildman–Crippen MR) is 197 cm³/mol. The van der Waals surface area contributed by atoms with Gasteiger partial charge >= 0.3 is 0 Å². The van der Waals surface area contributed by atoms with Crippen molar-refractivity contribution in [3.05, 3.63) is 164 Å². The van der Waals surface area contributed by atoms with Gasteiger partial charge in [0.2, 0.25) is 0 Å². The Hall–Kier alpha value is -6.52. The molecule has 0 aliphatic heterocycles. The Bertz CT molecular complexity index is 2830. The summed E-state index contributed by atoms with van der Waals surface area (Å²) in [6, 6.07) is 57.2. The van der Waals surface area contributed by atoms with Crippen molar-refractivity contribution in [2.75, 3.05) is 0 Å². The largest absolute Gasteiger partial charge is 0.456 e. The SMILES string of the molecule is c1ccc(-c2nc(-c3ccc4oc5ccc(-c6cccc7c8ccccc8n(-c8ccccc8)c67)cc5c4c3)nc3ccccc23)cc1. The minimum atomic E-state index is 0.692. The summed E-state index contributed by atoms with van der Waals surface area (Å²) < 4.78 is 8.77. The van der Waals surface area contributed by atoms with E-state index in [0.29, 0.717) is 5.82 Å². The highest BCUT2D eigenvalue weighted by Crippen LogP contribution is 2.40. The summed E-state index contributed by atoms with van der Waals surface area (Å²) in [6.45, 7) is 0. The second-order valence-electron chi connectivity index (χ2n) is 12.2.